The van der Waals surface area contributed by atoms with Crippen LogP contribution in [0.2, 0.25) is 0 Å². The molecule has 1 heterocycles. The Morgan fingerprint density at radius 2 is 2.00 bits per heavy atom. The number of nitrogens with zero attached hydrogens (tertiary/aromatic N) is 2. The molecule has 126 valence electrons. The highest BCUT2D eigenvalue weighted by molar-refractivity contribution is 5.90. The zero-order valence-corrected chi connectivity index (χ0v) is 14.3. The van der Waals surface area contributed by atoms with Crippen molar-refractivity contribution in [1.82, 2.24) is 4.90 Å². The van der Waals surface area contributed by atoms with Crippen LogP contribution >= 0.6 is 0 Å². The standard InChI is InChI=1S/C19H23N3O2/c1-4-10-22-17(5-2)15(12-19(23)24-3)13-21-18(22)11-14-6-8-16(20)9-7-14/h4-10,13H,11-12,20H2,1-3H3/b10-4-,17-5?. The maximum Gasteiger partial charge on any atom is 0.310 e. The number of ether oxygens (including phenoxy) is 1. The quantitative estimate of drug-likeness (QED) is 0.665. The highest BCUT2D eigenvalue weighted by Crippen LogP contribution is 2.26. The van der Waals surface area contributed by atoms with Gasteiger partial charge in [-0.05, 0) is 31.5 Å². The van der Waals surface area contributed by atoms with Crippen LogP contribution in [-0.4, -0.2) is 23.8 Å². The summed E-state index contributed by atoms with van der Waals surface area (Å²) in [5.74, 6) is 0.609. The van der Waals surface area contributed by atoms with E-state index in [4.69, 9.17) is 10.5 Å². The van der Waals surface area contributed by atoms with E-state index in [2.05, 4.69) is 4.99 Å². The minimum absolute atomic E-state index is 0.197. The summed E-state index contributed by atoms with van der Waals surface area (Å²) in [7, 11) is 1.39. The average molecular weight is 325 g/mol. The number of benzene rings is 1. The number of methoxy groups -OCH3 is 1. The Hall–Kier alpha value is -2.82. The lowest BCUT2D eigenvalue weighted by molar-refractivity contribution is -0.139. The number of esters is 1. The number of carbonyl (C=O) groups is 1. The number of hydrogen-bond acceptors (Lipinski definition) is 5. The molecule has 0 spiro atoms. The monoisotopic (exact) mass is 325 g/mol. The lowest BCUT2D eigenvalue weighted by atomic mass is 10.0. The zero-order chi connectivity index (χ0) is 17.5. The lowest BCUT2D eigenvalue weighted by Crippen LogP contribution is -2.30. The minimum Gasteiger partial charge on any atom is -0.469 e. The largest absolute Gasteiger partial charge is 0.469 e. The predicted octanol–water partition coefficient (Wildman–Crippen LogP) is 3.41. The van der Waals surface area contributed by atoms with Crippen molar-refractivity contribution in [1.29, 1.82) is 0 Å². The number of nitrogen functional groups attached to an aromatic ring is 1. The second-order valence-electron chi connectivity index (χ2n) is 5.40. The smallest absolute Gasteiger partial charge is 0.310 e. The van der Waals surface area contributed by atoms with Crippen LogP contribution in [0.25, 0.3) is 0 Å². The van der Waals surface area contributed by atoms with E-state index in [1.807, 2.05) is 61.4 Å². The highest BCUT2D eigenvalue weighted by Gasteiger charge is 2.22. The van der Waals surface area contributed by atoms with Crippen LogP contribution in [0, 0.1) is 0 Å². The summed E-state index contributed by atoms with van der Waals surface area (Å²) in [6.45, 7) is 3.90. The molecule has 0 aromatic heterocycles. The van der Waals surface area contributed by atoms with Crippen LogP contribution in [0.4, 0.5) is 5.69 Å². The highest BCUT2D eigenvalue weighted by atomic mass is 16.5. The molecule has 1 aliphatic heterocycles. The summed E-state index contributed by atoms with van der Waals surface area (Å²) in [6.07, 6.45) is 8.50. The number of rotatable bonds is 5. The fraction of sp³-hybridized carbons (Fsp3) is 0.263. The average Bonchev–Trinajstić information content (AvgIpc) is 2.59. The predicted molar refractivity (Wildman–Crippen MR) is 97.1 cm³/mol. The Kier molecular flexibility index (Phi) is 5.95. The molecule has 24 heavy (non-hydrogen) atoms. The number of allylic oxidation sites excluding steroid dienone is 3. The van der Waals surface area contributed by atoms with E-state index in [0.717, 1.165) is 28.4 Å². The molecule has 2 rings (SSSR count). The number of amidine groups is 1. The van der Waals surface area contributed by atoms with Crippen molar-refractivity contribution in [3.63, 3.8) is 0 Å². The van der Waals surface area contributed by atoms with E-state index in [9.17, 15) is 4.79 Å². The maximum absolute atomic E-state index is 11.6. The van der Waals surface area contributed by atoms with Gasteiger partial charge in [0, 0.05) is 35.8 Å². The molecular weight excluding hydrogens is 302 g/mol. The Morgan fingerprint density at radius 3 is 2.58 bits per heavy atom. The molecule has 0 aliphatic carbocycles. The van der Waals surface area contributed by atoms with E-state index < -0.39 is 0 Å². The molecule has 5 nitrogen and oxygen atoms in total. The van der Waals surface area contributed by atoms with E-state index in [0.29, 0.717) is 6.42 Å². The Labute approximate surface area is 142 Å². The fourth-order valence-electron chi connectivity index (χ4n) is 2.53. The van der Waals surface area contributed by atoms with Crippen LogP contribution in [-0.2, 0) is 16.0 Å². The van der Waals surface area contributed by atoms with Gasteiger partial charge in [0.2, 0.25) is 0 Å². The summed E-state index contributed by atoms with van der Waals surface area (Å²) in [4.78, 5) is 18.2. The van der Waals surface area contributed by atoms with Gasteiger partial charge < -0.3 is 15.4 Å². The molecule has 1 aliphatic rings. The Balaban J connectivity index is 2.33. The third-order valence-electron chi connectivity index (χ3n) is 3.71. The van der Waals surface area contributed by atoms with Crippen molar-refractivity contribution in [2.45, 2.75) is 26.7 Å². The van der Waals surface area contributed by atoms with Crippen LogP contribution in [0.1, 0.15) is 25.8 Å². The number of carbonyl (C=O) groups excluding carboxylic acids is 1. The number of nitrogens with two attached hydrogens (primary N) is 1. The lowest BCUT2D eigenvalue weighted by Gasteiger charge is -2.29. The van der Waals surface area contributed by atoms with E-state index in [1.165, 1.54) is 7.11 Å². The molecule has 0 unspecified atom stereocenters. The van der Waals surface area contributed by atoms with Gasteiger partial charge in [-0.2, -0.15) is 0 Å². The Bertz CT molecular complexity index is 713. The number of anilines is 1. The normalized spacial score (nSPS) is 16.3. The van der Waals surface area contributed by atoms with Gasteiger partial charge in [0.1, 0.15) is 5.84 Å². The van der Waals surface area contributed by atoms with Crippen molar-refractivity contribution < 1.29 is 9.53 Å². The summed E-state index contributed by atoms with van der Waals surface area (Å²) in [5.41, 5.74) is 9.38. The third-order valence-corrected chi connectivity index (χ3v) is 3.71. The second kappa shape index (κ2) is 8.15. The molecule has 2 N–H and O–H groups in total. The van der Waals surface area contributed by atoms with Crippen LogP contribution in [0.3, 0.4) is 0 Å². The van der Waals surface area contributed by atoms with Crippen LogP contribution in [0.5, 0.6) is 0 Å². The molecule has 0 bridgehead atoms. The first-order valence-electron chi connectivity index (χ1n) is 7.84. The van der Waals surface area contributed by atoms with Gasteiger partial charge in [-0.3, -0.25) is 4.79 Å². The van der Waals surface area contributed by atoms with E-state index >= 15 is 0 Å². The van der Waals surface area contributed by atoms with Gasteiger partial charge in [-0.15, -0.1) is 0 Å². The first kappa shape index (κ1) is 17.5. The first-order chi connectivity index (χ1) is 11.6. The summed E-state index contributed by atoms with van der Waals surface area (Å²) < 4.78 is 4.77. The fourth-order valence-corrected chi connectivity index (χ4v) is 2.53. The summed E-state index contributed by atoms with van der Waals surface area (Å²) in [6, 6.07) is 7.76. The van der Waals surface area contributed by atoms with Crippen molar-refractivity contribution in [2.24, 2.45) is 4.99 Å². The van der Waals surface area contributed by atoms with E-state index in [1.54, 1.807) is 6.20 Å². The van der Waals surface area contributed by atoms with Crippen LogP contribution in [0.15, 0.2) is 65.1 Å². The van der Waals surface area contributed by atoms with Gasteiger partial charge >= 0.3 is 5.97 Å². The van der Waals surface area contributed by atoms with Gasteiger partial charge in [0.15, 0.2) is 0 Å². The molecule has 0 radical (unpaired) electrons. The molecule has 0 saturated heterocycles. The van der Waals surface area contributed by atoms with Crippen LogP contribution < -0.4 is 5.73 Å². The zero-order valence-electron chi connectivity index (χ0n) is 14.3. The maximum atomic E-state index is 11.6. The van der Waals surface area contributed by atoms with Gasteiger partial charge in [-0.1, -0.05) is 24.3 Å². The molecule has 0 fully saturated rings. The van der Waals surface area contributed by atoms with Crippen molar-refractivity contribution >= 4 is 17.5 Å². The van der Waals surface area contributed by atoms with Gasteiger partial charge in [0.25, 0.3) is 0 Å². The first-order valence-corrected chi connectivity index (χ1v) is 7.84. The molecule has 1 aromatic carbocycles. The van der Waals surface area contributed by atoms with Crippen molar-refractivity contribution in [3.05, 3.63) is 65.7 Å². The summed E-state index contributed by atoms with van der Waals surface area (Å²) >= 11 is 0. The number of aliphatic imine (C=N–C) groups is 1. The van der Waals surface area contributed by atoms with E-state index in [-0.39, 0.29) is 12.4 Å². The molecule has 1 aromatic rings. The molecule has 0 amide bonds. The van der Waals surface area contributed by atoms with Gasteiger partial charge in [0.05, 0.1) is 13.5 Å². The molecule has 0 saturated carbocycles. The number of hydrogen-bond donors (Lipinski definition) is 1. The third kappa shape index (κ3) is 4.13. The molecule has 0 atom stereocenters. The Morgan fingerprint density at radius 1 is 1.29 bits per heavy atom. The topological polar surface area (TPSA) is 67.9 Å². The summed E-state index contributed by atoms with van der Waals surface area (Å²) in [5, 5.41) is 0. The molecule has 5 heteroatoms. The minimum atomic E-state index is -0.279. The SMILES string of the molecule is CC=C1C(CC(=O)OC)=CN=C(Cc2ccc(N)cc2)N1/C=C\C. The molecular formula is C19H23N3O2. The van der Waals surface area contributed by atoms with Gasteiger partial charge in [-0.25, -0.2) is 4.99 Å². The van der Waals surface area contributed by atoms with Crippen molar-refractivity contribution in [2.75, 3.05) is 12.8 Å². The van der Waals surface area contributed by atoms with Crippen molar-refractivity contribution in [3.8, 4) is 0 Å². The second-order valence-corrected chi connectivity index (χ2v) is 5.40.